The fraction of sp³-hybridized carbons (Fsp3) is 0.172. The van der Waals surface area contributed by atoms with Crippen molar-refractivity contribution in [3.05, 3.63) is 101 Å². The molecule has 3 aromatic carbocycles. The Morgan fingerprint density at radius 3 is 2.47 bits per heavy atom. The van der Waals surface area contributed by atoms with Crippen molar-refractivity contribution in [2.75, 3.05) is 16.8 Å². The minimum atomic E-state index is -4.84. The highest BCUT2D eigenvalue weighted by Gasteiger charge is 2.57. The maximum absolute atomic E-state index is 14.0. The molecule has 3 atom stereocenters. The number of carbonyl (C=O) groups excluding carboxylic acids is 3. The number of benzene rings is 3. The first-order valence-electron chi connectivity index (χ1n) is 12.9. The van der Waals surface area contributed by atoms with E-state index in [0.29, 0.717) is 25.5 Å². The molecule has 3 amide bonds. The Morgan fingerprint density at radius 1 is 0.978 bits per heavy atom. The van der Waals surface area contributed by atoms with Crippen LogP contribution in [0, 0.1) is 5.92 Å². The number of carbonyl (C=O) groups is 3. The van der Waals surface area contributed by atoms with Gasteiger partial charge in [0.05, 0.1) is 32.2 Å². The van der Waals surface area contributed by atoms with E-state index in [9.17, 15) is 32.3 Å². The molecule has 232 valence electrons. The van der Waals surface area contributed by atoms with E-state index >= 15 is 0 Å². The van der Waals surface area contributed by atoms with Gasteiger partial charge in [-0.2, -0.15) is 13.2 Å². The van der Waals surface area contributed by atoms with Gasteiger partial charge in [-0.25, -0.2) is 4.90 Å². The van der Waals surface area contributed by atoms with E-state index in [0.717, 1.165) is 41.3 Å². The van der Waals surface area contributed by atoms with Gasteiger partial charge in [0.1, 0.15) is 11.0 Å². The zero-order valence-corrected chi connectivity index (χ0v) is 26.2. The number of aromatic nitrogens is 1. The van der Waals surface area contributed by atoms with Crippen LogP contribution in [0.1, 0.15) is 21.9 Å². The molecule has 2 N–H and O–H groups in total. The molecule has 2 aliphatic heterocycles. The second-order valence-electron chi connectivity index (χ2n) is 9.92. The lowest BCUT2D eigenvalue weighted by atomic mass is 9.82. The standard InChI is InChI=1S/C29H17Cl3F3N3O5S2/c30-12-5-8-19(43-11-20(39)36-13-6-7-16(31)17(32)10-13)14(9-12)21-22-24(44-25-23(21)45-28(42)37-25)27(41)38(26(22)40)18-4-2-1-3-15(18)29(33,34)35/h1-10,21-22,24H,11H2,(H,36,39)(H,37,42)/t21-,22?,24?/m1/s1. The number of thioether (sulfide) groups is 1. The number of H-pyrrole nitrogens is 1. The smallest absolute Gasteiger partial charge is 0.418 e. The number of imide groups is 1. The molecule has 8 nitrogen and oxygen atoms in total. The Kier molecular flexibility index (Phi) is 8.42. The number of thiazole rings is 1. The first-order valence-corrected chi connectivity index (χ1v) is 15.8. The summed E-state index contributed by atoms with van der Waals surface area (Å²) < 4.78 is 47.7. The zero-order valence-electron chi connectivity index (χ0n) is 22.3. The monoisotopic (exact) mass is 713 g/mol. The van der Waals surface area contributed by atoms with Crippen molar-refractivity contribution in [3.63, 3.8) is 0 Å². The summed E-state index contributed by atoms with van der Waals surface area (Å²) >= 11 is 20.0. The van der Waals surface area contributed by atoms with Crippen LogP contribution in [0.4, 0.5) is 24.5 Å². The second-order valence-corrected chi connectivity index (χ2v) is 13.3. The van der Waals surface area contributed by atoms with E-state index in [2.05, 4.69) is 10.3 Å². The third kappa shape index (κ3) is 5.95. The maximum atomic E-state index is 14.0. The Hall–Kier alpha value is -3.49. The minimum Gasteiger partial charge on any atom is -0.483 e. The molecule has 2 unspecified atom stereocenters. The highest BCUT2D eigenvalue weighted by molar-refractivity contribution is 8.00. The molecule has 45 heavy (non-hydrogen) atoms. The van der Waals surface area contributed by atoms with E-state index < -0.39 is 63.7 Å². The largest absolute Gasteiger partial charge is 0.483 e. The van der Waals surface area contributed by atoms with E-state index in [4.69, 9.17) is 39.5 Å². The van der Waals surface area contributed by atoms with Gasteiger partial charge in [-0.1, -0.05) is 70.0 Å². The van der Waals surface area contributed by atoms with Gasteiger partial charge in [0.2, 0.25) is 11.8 Å². The fourth-order valence-electron chi connectivity index (χ4n) is 5.31. The van der Waals surface area contributed by atoms with Crippen LogP contribution in [-0.4, -0.2) is 34.6 Å². The van der Waals surface area contributed by atoms with E-state index in [1.54, 1.807) is 6.07 Å². The van der Waals surface area contributed by atoms with Crippen LogP contribution in [0.25, 0.3) is 0 Å². The number of anilines is 2. The lowest BCUT2D eigenvalue weighted by Gasteiger charge is -2.31. The molecule has 0 aliphatic carbocycles. The predicted molar refractivity (Wildman–Crippen MR) is 166 cm³/mol. The van der Waals surface area contributed by atoms with Gasteiger partial charge in [-0.05, 0) is 48.5 Å². The van der Waals surface area contributed by atoms with Crippen LogP contribution in [0.3, 0.4) is 0 Å². The summed E-state index contributed by atoms with van der Waals surface area (Å²) in [7, 11) is 0. The van der Waals surface area contributed by atoms with Crippen molar-refractivity contribution in [2.24, 2.45) is 5.92 Å². The first-order chi connectivity index (χ1) is 21.3. The fourth-order valence-corrected chi connectivity index (χ4v) is 8.29. The molecule has 3 heterocycles. The number of hydrogen-bond donors (Lipinski definition) is 2. The molecule has 4 aromatic rings. The number of alkyl halides is 3. The van der Waals surface area contributed by atoms with Gasteiger partial charge in [0, 0.05) is 27.1 Å². The zero-order chi connectivity index (χ0) is 32.2. The highest BCUT2D eigenvalue weighted by Crippen LogP contribution is 2.55. The third-order valence-electron chi connectivity index (χ3n) is 7.14. The van der Waals surface area contributed by atoms with Crippen molar-refractivity contribution in [1.82, 2.24) is 4.98 Å². The third-order valence-corrected chi connectivity index (χ3v) is 10.5. The number of amides is 3. The topological polar surface area (TPSA) is 109 Å². The Balaban J connectivity index is 1.38. The van der Waals surface area contributed by atoms with Crippen molar-refractivity contribution >= 4 is 87.0 Å². The number of hydrogen-bond acceptors (Lipinski definition) is 7. The molecule has 0 saturated carbocycles. The van der Waals surface area contributed by atoms with Gasteiger partial charge in [0.15, 0.2) is 6.61 Å². The lowest BCUT2D eigenvalue weighted by molar-refractivity contribution is -0.137. The number of nitrogens with zero attached hydrogens (tertiary/aromatic N) is 1. The van der Waals surface area contributed by atoms with Gasteiger partial charge in [0.25, 0.3) is 5.91 Å². The molecule has 1 saturated heterocycles. The van der Waals surface area contributed by atoms with Crippen LogP contribution in [0.5, 0.6) is 5.75 Å². The maximum Gasteiger partial charge on any atom is 0.418 e. The molecule has 1 aromatic heterocycles. The van der Waals surface area contributed by atoms with E-state index in [1.807, 2.05) is 0 Å². The summed E-state index contributed by atoms with van der Waals surface area (Å²) in [6.45, 7) is -0.501. The number of ether oxygens (including phenoxy) is 1. The van der Waals surface area contributed by atoms with Crippen LogP contribution < -0.4 is 19.8 Å². The quantitative estimate of drug-likeness (QED) is 0.204. The minimum absolute atomic E-state index is 0.112. The van der Waals surface area contributed by atoms with Crippen molar-refractivity contribution in [1.29, 1.82) is 0 Å². The molecule has 6 rings (SSSR count). The predicted octanol–water partition coefficient (Wildman–Crippen LogP) is 7.23. The van der Waals surface area contributed by atoms with Gasteiger partial charge >= 0.3 is 11.0 Å². The number of nitrogens with one attached hydrogen (secondary N) is 2. The number of halogens is 6. The van der Waals surface area contributed by atoms with Gasteiger partial charge in [-0.3, -0.25) is 19.2 Å². The van der Waals surface area contributed by atoms with Crippen molar-refractivity contribution in [2.45, 2.75) is 22.4 Å². The molecular formula is C29H17Cl3F3N3O5S2. The number of para-hydroxylation sites is 1. The molecule has 0 radical (unpaired) electrons. The van der Waals surface area contributed by atoms with Crippen molar-refractivity contribution < 1.29 is 32.3 Å². The Bertz CT molecular complexity index is 1930. The first kappa shape index (κ1) is 31.5. The molecule has 0 spiro atoms. The average Bonchev–Trinajstić information content (AvgIpc) is 3.47. The highest BCUT2D eigenvalue weighted by atomic mass is 35.5. The molecule has 0 bridgehead atoms. The van der Waals surface area contributed by atoms with Gasteiger partial charge < -0.3 is 15.0 Å². The molecular weight excluding hydrogens is 698 g/mol. The molecule has 1 fully saturated rings. The summed E-state index contributed by atoms with van der Waals surface area (Å²) in [5.74, 6) is -4.45. The summed E-state index contributed by atoms with van der Waals surface area (Å²) in [5.41, 5.74) is -1.11. The summed E-state index contributed by atoms with van der Waals surface area (Å²) in [6.07, 6.45) is -4.84. The number of fused-ring (bicyclic) bond motifs is 2. The number of rotatable bonds is 6. The Morgan fingerprint density at radius 2 is 1.73 bits per heavy atom. The number of aromatic amines is 1. The molecule has 2 aliphatic rings. The SMILES string of the molecule is O=C(COc1ccc(Cl)cc1[C@H]1c2sc(=O)[nH]c2SC2C(=O)N(c3ccccc3C(F)(F)F)C(=O)C21)Nc1ccc(Cl)c(Cl)c1. The Labute approximate surface area is 275 Å². The van der Waals surface area contributed by atoms with Crippen LogP contribution in [0.15, 0.2) is 70.5 Å². The normalized spacial score (nSPS) is 19.3. The van der Waals surface area contributed by atoms with Crippen molar-refractivity contribution in [3.8, 4) is 5.75 Å². The van der Waals surface area contributed by atoms with E-state index in [1.165, 1.54) is 36.4 Å². The molecule has 16 heteroatoms. The second kappa shape index (κ2) is 12.0. The summed E-state index contributed by atoms with van der Waals surface area (Å²) in [5, 5.41) is 2.49. The van der Waals surface area contributed by atoms with Gasteiger partial charge in [-0.15, -0.1) is 0 Å². The van der Waals surface area contributed by atoms with Crippen LogP contribution in [0.2, 0.25) is 15.1 Å². The average molecular weight is 715 g/mol. The lowest BCUT2D eigenvalue weighted by Crippen LogP contribution is -2.33. The van der Waals surface area contributed by atoms with E-state index in [-0.39, 0.29) is 21.4 Å². The summed E-state index contributed by atoms with van der Waals surface area (Å²) in [6, 6.07) is 13.3. The summed E-state index contributed by atoms with van der Waals surface area (Å²) in [4.78, 5) is 56.1. The van der Waals surface area contributed by atoms with Crippen LogP contribution >= 0.6 is 57.9 Å². The van der Waals surface area contributed by atoms with Crippen LogP contribution in [-0.2, 0) is 20.6 Å².